The molecule has 1 aliphatic rings. The van der Waals surface area contributed by atoms with Crippen LogP contribution in [0.4, 0.5) is 5.95 Å². The van der Waals surface area contributed by atoms with Crippen molar-refractivity contribution in [3.05, 3.63) is 5.82 Å². The Morgan fingerprint density at radius 2 is 2.39 bits per heavy atom. The largest absolute Gasteiger partial charge is 0.377 e. The van der Waals surface area contributed by atoms with Crippen molar-refractivity contribution in [1.29, 1.82) is 0 Å². The van der Waals surface area contributed by atoms with Gasteiger partial charge in [-0.1, -0.05) is 0 Å². The number of aromatic amines is 1. The van der Waals surface area contributed by atoms with Gasteiger partial charge in [-0.3, -0.25) is 14.7 Å². The number of nitrogens with two attached hydrogens (primary N) is 1. The Balaban J connectivity index is 2.18. The molecule has 1 atom stereocenters. The van der Waals surface area contributed by atoms with E-state index in [2.05, 4.69) is 20.5 Å². The van der Waals surface area contributed by atoms with Crippen LogP contribution in [0.5, 0.6) is 0 Å². The van der Waals surface area contributed by atoms with E-state index in [-0.39, 0.29) is 24.3 Å². The Hall–Kier alpha value is -2.16. The lowest BCUT2D eigenvalue weighted by Gasteiger charge is -2.33. The third-order valence-electron chi connectivity index (χ3n) is 2.64. The summed E-state index contributed by atoms with van der Waals surface area (Å²) in [5.74, 6) is -0.696. The van der Waals surface area contributed by atoms with Crippen molar-refractivity contribution < 1.29 is 14.3 Å². The molecule has 2 heterocycles. The maximum Gasteiger partial charge on any atom is 0.292 e. The molecule has 1 aliphatic heterocycles. The number of nitrogens with zero attached hydrogens (tertiary/aromatic N) is 3. The van der Waals surface area contributed by atoms with Gasteiger partial charge in [0.15, 0.2) is 0 Å². The molecule has 0 aromatic carbocycles. The van der Waals surface area contributed by atoms with Crippen molar-refractivity contribution in [2.45, 2.75) is 6.04 Å². The van der Waals surface area contributed by atoms with Crippen LogP contribution in [0, 0.1) is 0 Å². The molecule has 1 unspecified atom stereocenters. The molecule has 0 bridgehead atoms. The average molecular weight is 254 g/mol. The lowest BCUT2D eigenvalue weighted by molar-refractivity contribution is -0.130. The van der Waals surface area contributed by atoms with Crippen molar-refractivity contribution in [1.82, 2.24) is 25.4 Å². The molecule has 4 N–H and O–H groups in total. The Morgan fingerprint density at radius 3 is 3.00 bits per heavy atom. The summed E-state index contributed by atoms with van der Waals surface area (Å²) in [7, 11) is 1.51. The van der Waals surface area contributed by atoms with Crippen LogP contribution >= 0.6 is 0 Å². The number of likely N-dealkylation sites (N-methyl/N-ethyl adjacent to an activating group) is 1. The molecule has 1 aromatic rings. The minimum absolute atomic E-state index is 0.0110. The number of amides is 2. The third kappa shape index (κ3) is 2.25. The van der Waals surface area contributed by atoms with Crippen LogP contribution in [-0.4, -0.2) is 64.7 Å². The highest BCUT2D eigenvalue weighted by Gasteiger charge is 2.34. The number of aromatic nitrogens is 3. The Morgan fingerprint density at radius 1 is 1.61 bits per heavy atom. The van der Waals surface area contributed by atoms with Gasteiger partial charge in [0, 0.05) is 13.6 Å². The second-order valence-electron chi connectivity index (χ2n) is 3.75. The zero-order chi connectivity index (χ0) is 13.1. The molecule has 9 heteroatoms. The topological polar surface area (TPSA) is 126 Å². The standard InChI is InChI=1S/C9H14N6O3/c1-11-7(16)5-4-18-3-2-15(5)8(17)6-12-9(10)14-13-6/h5H,2-4H2,1H3,(H,11,16)(H3,10,12,13,14). The lowest BCUT2D eigenvalue weighted by atomic mass is 10.2. The van der Waals surface area contributed by atoms with Crippen LogP contribution in [0.3, 0.4) is 0 Å². The van der Waals surface area contributed by atoms with E-state index in [1.807, 2.05) is 0 Å². The first kappa shape index (κ1) is 12.3. The summed E-state index contributed by atoms with van der Waals surface area (Å²) in [4.78, 5) is 29.0. The van der Waals surface area contributed by atoms with Crippen molar-refractivity contribution in [3.63, 3.8) is 0 Å². The molecular formula is C9H14N6O3. The van der Waals surface area contributed by atoms with Gasteiger partial charge in [-0.15, -0.1) is 5.10 Å². The van der Waals surface area contributed by atoms with Gasteiger partial charge >= 0.3 is 0 Å². The fourth-order valence-electron chi connectivity index (χ4n) is 1.74. The summed E-state index contributed by atoms with van der Waals surface area (Å²) in [6.45, 7) is 0.857. The molecule has 0 spiro atoms. The molecule has 2 amide bonds. The number of nitrogen functional groups attached to an aromatic ring is 1. The first-order valence-corrected chi connectivity index (χ1v) is 5.41. The maximum absolute atomic E-state index is 12.1. The predicted octanol–water partition coefficient (Wildman–Crippen LogP) is -2.03. The Bertz CT molecular complexity index is 459. The van der Waals surface area contributed by atoms with E-state index in [4.69, 9.17) is 10.5 Å². The molecule has 0 saturated carbocycles. The van der Waals surface area contributed by atoms with Crippen LogP contribution in [0.15, 0.2) is 0 Å². The van der Waals surface area contributed by atoms with Crippen molar-refractivity contribution in [2.24, 2.45) is 0 Å². The van der Waals surface area contributed by atoms with Crippen LogP contribution in [-0.2, 0) is 9.53 Å². The van der Waals surface area contributed by atoms with Gasteiger partial charge in [-0.25, -0.2) is 0 Å². The number of nitrogens with one attached hydrogen (secondary N) is 2. The number of anilines is 1. The summed E-state index contributed by atoms with van der Waals surface area (Å²) in [5, 5.41) is 8.51. The SMILES string of the molecule is CNC(=O)C1COCCN1C(=O)c1nc(N)n[nH]1. The van der Waals surface area contributed by atoms with E-state index in [0.29, 0.717) is 13.2 Å². The second kappa shape index (κ2) is 5.00. The molecule has 1 saturated heterocycles. The van der Waals surface area contributed by atoms with Gasteiger partial charge in [0.1, 0.15) is 6.04 Å². The summed E-state index contributed by atoms with van der Waals surface area (Å²) < 4.78 is 5.20. The Kier molecular flexibility index (Phi) is 3.42. The van der Waals surface area contributed by atoms with Gasteiger partial charge < -0.3 is 20.7 Å². The minimum Gasteiger partial charge on any atom is -0.377 e. The number of morpholine rings is 1. The highest BCUT2D eigenvalue weighted by molar-refractivity contribution is 5.95. The molecule has 9 nitrogen and oxygen atoms in total. The van der Waals surface area contributed by atoms with Crippen molar-refractivity contribution in [3.8, 4) is 0 Å². The van der Waals surface area contributed by atoms with Crippen LogP contribution < -0.4 is 11.1 Å². The summed E-state index contributed by atoms with van der Waals surface area (Å²) >= 11 is 0. The van der Waals surface area contributed by atoms with Crippen LogP contribution in [0.1, 0.15) is 10.6 Å². The summed E-state index contributed by atoms with van der Waals surface area (Å²) in [5.41, 5.74) is 5.34. The summed E-state index contributed by atoms with van der Waals surface area (Å²) in [6, 6.07) is -0.664. The number of H-pyrrole nitrogens is 1. The number of carbonyl (C=O) groups excluding carboxylic acids is 2. The van der Waals surface area contributed by atoms with E-state index in [1.165, 1.54) is 11.9 Å². The second-order valence-corrected chi connectivity index (χ2v) is 3.75. The zero-order valence-electron chi connectivity index (χ0n) is 9.84. The van der Waals surface area contributed by atoms with E-state index < -0.39 is 11.9 Å². The molecule has 98 valence electrons. The van der Waals surface area contributed by atoms with Crippen LogP contribution in [0.2, 0.25) is 0 Å². The van der Waals surface area contributed by atoms with E-state index in [9.17, 15) is 9.59 Å². The smallest absolute Gasteiger partial charge is 0.292 e. The Labute approximate surface area is 103 Å². The fourth-order valence-corrected chi connectivity index (χ4v) is 1.74. The molecule has 0 radical (unpaired) electrons. The first-order chi connectivity index (χ1) is 8.63. The van der Waals surface area contributed by atoms with E-state index in [0.717, 1.165) is 0 Å². The molecule has 2 rings (SSSR count). The fraction of sp³-hybridized carbons (Fsp3) is 0.556. The van der Waals surface area contributed by atoms with Gasteiger partial charge in [0.2, 0.25) is 17.7 Å². The van der Waals surface area contributed by atoms with Crippen LogP contribution in [0.25, 0.3) is 0 Å². The highest BCUT2D eigenvalue weighted by Crippen LogP contribution is 2.11. The maximum atomic E-state index is 12.1. The van der Waals surface area contributed by atoms with Gasteiger partial charge in [0.05, 0.1) is 13.2 Å². The number of ether oxygens (including phenoxy) is 1. The lowest BCUT2D eigenvalue weighted by Crippen LogP contribution is -2.55. The highest BCUT2D eigenvalue weighted by atomic mass is 16.5. The minimum atomic E-state index is -0.664. The van der Waals surface area contributed by atoms with Gasteiger partial charge in [-0.05, 0) is 0 Å². The average Bonchev–Trinajstić information content (AvgIpc) is 2.83. The quantitative estimate of drug-likeness (QED) is 0.559. The van der Waals surface area contributed by atoms with Gasteiger partial charge in [0.25, 0.3) is 5.91 Å². The monoisotopic (exact) mass is 254 g/mol. The molecule has 1 aromatic heterocycles. The van der Waals surface area contributed by atoms with E-state index in [1.54, 1.807) is 0 Å². The number of carbonyl (C=O) groups is 2. The molecule has 18 heavy (non-hydrogen) atoms. The molecule has 0 aliphatic carbocycles. The van der Waals surface area contributed by atoms with Crippen molar-refractivity contribution >= 4 is 17.8 Å². The van der Waals surface area contributed by atoms with Gasteiger partial charge in [-0.2, -0.15) is 4.98 Å². The first-order valence-electron chi connectivity index (χ1n) is 5.41. The molecular weight excluding hydrogens is 240 g/mol. The number of hydrogen-bond donors (Lipinski definition) is 3. The molecule has 1 fully saturated rings. The van der Waals surface area contributed by atoms with Crippen molar-refractivity contribution in [2.75, 3.05) is 32.5 Å². The van der Waals surface area contributed by atoms with E-state index >= 15 is 0 Å². The third-order valence-corrected chi connectivity index (χ3v) is 2.64. The normalized spacial score (nSPS) is 19.6. The number of hydrogen-bond acceptors (Lipinski definition) is 6. The zero-order valence-corrected chi connectivity index (χ0v) is 9.84. The predicted molar refractivity (Wildman–Crippen MR) is 60.5 cm³/mol. The summed E-state index contributed by atoms with van der Waals surface area (Å²) in [6.07, 6.45) is 0. The number of rotatable bonds is 2.